The number of esters is 1. The van der Waals surface area contributed by atoms with Crippen molar-refractivity contribution < 1.29 is 37.0 Å². The zero-order chi connectivity index (χ0) is 29.8. The molecule has 0 aromatic rings. The van der Waals surface area contributed by atoms with Crippen molar-refractivity contribution in [3.05, 3.63) is 37.0 Å². The van der Waals surface area contributed by atoms with Crippen LogP contribution < -0.4 is 0 Å². The Bertz CT molecular complexity index is 801. The highest BCUT2D eigenvalue weighted by Gasteiger charge is 2.47. The number of allylic oxidation sites excluding steroid dienone is 2. The van der Waals surface area contributed by atoms with Crippen LogP contribution >= 0.6 is 0 Å². The number of likely N-dealkylation sites (tertiary alicyclic amines) is 1. The molecule has 0 N–H and O–H groups in total. The summed E-state index contributed by atoms with van der Waals surface area (Å²) >= 11 is 0. The highest BCUT2D eigenvalue weighted by atomic mass is 19.4. The maximum atomic E-state index is 12.4. The number of rotatable bonds is 11. The van der Waals surface area contributed by atoms with Crippen molar-refractivity contribution in [2.45, 2.75) is 110 Å². The van der Waals surface area contributed by atoms with Crippen molar-refractivity contribution in [1.29, 1.82) is 0 Å². The Morgan fingerprint density at radius 3 is 2.03 bits per heavy atom. The Hall–Kier alpha value is -2.29. The number of carbonyl (C=O) groups excluding carboxylic acids is 2. The largest absolute Gasteiger partial charge is 0.460 e. The molecule has 0 aromatic carbocycles. The van der Waals surface area contributed by atoms with Gasteiger partial charge >= 0.3 is 18.2 Å². The van der Waals surface area contributed by atoms with Crippen LogP contribution in [-0.4, -0.2) is 59.6 Å². The van der Waals surface area contributed by atoms with E-state index in [0.717, 1.165) is 25.7 Å². The van der Waals surface area contributed by atoms with Crippen molar-refractivity contribution in [1.82, 2.24) is 4.90 Å². The van der Waals surface area contributed by atoms with Crippen molar-refractivity contribution in [3.63, 3.8) is 0 Å². The van der Waals surface area contributed by atoms with E-state index in [1.807, 2.05) is 34.6 Å². The Balaban J connectivity index is 0.000000761. The molecule has 0 radical (unpaired) electrons. The smallest absolute Gasteiger partial charge is 0.414 e. The fraction of sp³-hybridized carbons (Fsp3) is 0.724. The maximum Gasteiger partial charge on any atom is 0.414 e. The minimum atomic E-state index is -4.48. The van der Waals surface area contributed by atoms with Crippen LogP contribution in [0.4, 0.5) is 18.0 Å². The molecule has 0 saturated carbocycles. The van der Waals surface area contributed by atoms with Gasteiger partial charge in [0.1, 0.15) is 16.8 Å². The van der Waals surface area contributed by atoms with Crippen LogP contribution in [0, 0.1) is 5.92 Å². The lowest BCUT2D eigenvalue weighted by Gasteiger charge is -2.49. The zero-order valence-electron chi connectivity index (χ0n) is 24.5. The molecule has 0 bridgehead atoms. The Labute approximate surface area is 227 Å². The van der Waals surface area contributed by atoms with Gasteiger partial charge < -0.3 is 19.1 Å². The summed E-state index contributed by atoms with van der Waals surface area (Å²) in [4.78, 5) is 24.9. The Morgan fingerprint density at radius 2 is 1.58 bits per heavy atom. The van der Waals surface area contributed by atoms with Crippen LogP contribution in [0.1, 0.15) is 87.5 Å². The van der Waals surface area contributed by atoms with E-state index >= 15 is 0 Å². The molecule has 1 fully saturated rings. The van der Waals surface area contributed by atoms with E-state index in [4.69, 9.17) is 14.2 Å². The first-order valence-corrected chi connectivity index (χ1v) is 13.1. The van der Waals surface area contributed by atoms with E-state index in [0.29, 0.717) is 6.42 Å². The minimum Gasteiger partial charge on any atom is -0.460 e. The van der Waals surface area contributed by atoms with Gasteiger partial charge in [0.05, 0.1) is 31.2 Å². The molecular weight excluding hydrogens is 499 g/mol. The van der Waals surface area contributed by atoms with Crippen LogP contribution in [0.2, 0.25) is 0 Å². The lowest BCUT2D eigenvalue weighted by atomic mass is 9.90. The van der Waals surface area contributed by atoms with Crippen LogP contribution in [0.3, 0.4) is 0 Å². The number of hydrogen-bond acceptors (Lipinski definition) is 5. The lowest BCUT2D eigenvalue weighted by molar-refractivity contribution is -0.159. The quantitative estimate of drug-likeness (QED) is 0.150. The summed E-state index contributed by atoms with van der Waals surface area (Å²) in [5, 5.41) is 0. The average Bonchev–Trinajstić information content (AvgIpc) is 2.71. The highest BCUT2D eigenvalue weighted by molar-refractivity contribution is 5.72. The number of hydrogen-bond donors (Lipinski definition) is 0. The Kier molecular flexibility index (Phi) is 14.4. The SMILES string of the molecule is C=CCC1(OCC(=C)C(F)(F)F)CN(C(=O)OC(C)(C)C)C1.CC=CCCCCC(C)C(=O)OC(C)(C)C. The van der Waals surface area contributed by atoms with E-state index in [1.165, 1.54) is 4.90 Å². The number of nitrogens with zero attached hydrogens (tertiary/aromatic N) is 1. The molecule has 0 aromatic heterocycles. The molecule has 1 aliphatic heterocycles. The minimum absolute atomic E-state index is 0.0184. The maximum absolute atomic E-state index is 12.4. The molecule has 1 unspecified atom stereocenters. The van der Waals surface area contributed by atoms with Crippen LogP contribution in [0.15, 0.2) is 37.0 Å². The highest BCUT2D eigenvalue weighted by Crippen LogP contribution is 2.33. The van der Waals surface area contributed by atoms with Crippen molar-refractivity contribution >= 4 is 12.1 Å². The molecule has 0 spiro atoms. The fourth-order valence-electron chi connectivity index (χ4n) is 3.37. The number of halogens is 3. The summed E-state index contributed by atoms with van der Waals surface area (Å²) < 4.78 is 53.2. The Morgan fingerprint density at radius 1 is 1.03 bits per heavy atom. The molecule has 1 saturated heterocycles. The third kappa shape index (κ3) is 15.2. The molecule has 9 heteroatoms. The molecule has 220 valence electrons. The zero-order valence-corrected chi connectivity index (χ0v) is 24.5. The molecule has 1 amide bonds. The molecular formula is C29H48F3NO5. The first-order chi connectivity index (χ1) is 17.2. The summed E-state index contributed by atoms with van der Waals surface area (Å²) in [5.74, 6) is -0.0524. The molecule has 1 rings (SSSR count). The first kappa shape index (κ1) is 35.7. The second-order valence-corrected chi connectivity index (χ2v) is 11.7. The number of amides is 1. The van der Waals surface area contributed by atoms with Gasteiger partial charge in [0.2, 0.25) is 0 Å². The van der Waals surface area contributed by atoms with Gasteiger partial charge in [-0.1, -0.05) is 38.2 Å². The van der Waals surface area contributed by atoms with Crippen LogP contribution in [-0.2, 0) is 19.0 Å². The molecule has 1 atom stereocenters. The van der Waals surface area contributed by atoms with E-state index in [2.05, 4.69) is 25.3 Å². The molecule has 6 nitrogen and oxygen atoms in total. The molecule has 0 aliphatic carbocycles. The van der Waals surface area contributed by atoms with Gasteiger partial charge in [-0.25, -0.2) is 4.79 Å². The van der Waals surface area contributed by atoms with Gasteiger partial charge in [-0.05, 0) is 74.1 Å². The summed E-state index contributed by atoms with van der Waals surface area (Å²) in [5.41, 5.74) is -2.80. The second-order valence-electron chi connectivity index (χ2n) is 11.7. The summed E-state index contributed by atoms with van der Waals surface area (Å²) in [7, 11) is 0. The monoisotopic (exact) mass is 547 g/mol. The van der Waals surface area contributed by atoms with Crippen LogP contribution in [0.5, 0.6) is 0 Å². The van der Waals surface area contributed by atoms with E-state index in [9.17, 15) is 22.8 Å². The van der Waals surface area contributed by atoms with Gasteiger partial charge in [-0.3, -0.25) is 4.79 Å². The number of ether oxygens (including phenoxy) is 3. The standard InChI is InChI=1S/C15H22F3NO3.C14H26O2/c1-6-7-14(21-8-11(2)15(16,17)18)9-19(10-14)12(20)22-13(3,4)5;1-6-7-8-9-10-11-12(2)13(15)16-14(3,4)5/h6H,1-2,7-10H2,3-5H3;6-7,12H,8-11H2,1-5H3. The van der Waals surface area contributed by atoms with Gasteiger partial charge in [0, 0.05) is 0 Å². The van der Waals surface area contributed by atoms with E-state index in [-0.39, 0.29) is 30.6 Å². The molecule has 1 heterocycles. The number of unbranched alkanes of at least 4 members (excludes halogenated alkanes) is 2. The normalized spacial score (nSPS) is 16.1. The molecule has 38 heavy (non-hydrogen) atoms. The average molecular weight is 548 g/mol. The fourth-order valence-corrected chi connectivity index (χ4v) is 3.37. The number of carbonyl (C=O) groups is 2. The predicted octanol–water partition coefficient (Wildman–Crippen LogP) is 7.79. The summed E-state index contributed by atoms with van der Waals surface area (Å²) in [6.45, 7) is 21.2. The predicted molar refractivity (Wildman–Crippen MR) is 145 cm³/mol. The van der Waals surface area contributed by atoms with Crippen LogP contribution in [0.25, 0.3) is 0 Å². The molecule has 1 aliphatic rings. The topological polar surface area (TPSA) is 65.1 Å². The second kappa shape index (κ2) is 15.3. The van der Waals surface area contributed by atoms with Gasteiger partial charge in [0.15, 0.2) is 0 Å². The third-order valence-electron chi connectivity index (χ3n) is 5.38. The summed E-state index contributed by atoms with van der Waals surface area (Å²) in [6, 6.07) is 0. The lowest BCUT2D eigenvalue weighted by Crippen LogP contribution is -2.65. The van der Waals surface area contributed by atoms with E-state index in [1.54, 1.807) is 26.8 Å². The van der Waals surface area contributed by atoms with Crippen molar-refractivity contribution in [3.8, 4) is 0 Å². The van der Waals surface area contributed by atoms with Crippen molar-refractivity contribution in [2.75, 3.05) is 19.7 Å². The summed E-state index contributed by atoms with van der Waals surface area (Å²) in [6.07, 6.45) is 5.41. The van der Waals surface area contributed by atoms with E-state index < -0.39 is 35.7 Å². The first-order valence-electron chi connectivity index (χ1n) is 13.1. The van der Waals surface area contributed by atoms with Gasteiger partial charge in [-0.15, -0.1) is 6.58 Å². The van der Waals surface area contributed by atoms with Gasteiger partial charge in [0.25, 0.3) is 0 Å². The third-order valence-corrected chi connectivity index (χ3v) is 5.38. The van der Waals surface area contributed by atoms with Gasteiger partial charge in [-0.2, -0.15) is 13.2 Å². The van der Waals surface area contributed by atoms with Crippen molar-refractivity contribution in [2.24, 2.45) is 5.92 Å². The number of alkyl halides is 3.